The lowest BCUT2D eigenvalue weighted by Gasteiger charge is -2.12. The van der Waals surface area contributed by atoms with Crippen molar-refractivity contribution in [3.63, 3.8) is 0 Å². The fourth-order valence-corrected chi connectivity index (χ4v) is 4.11. The van der Waals surface area contributed by atoms with Crippen LogP contribution in [-0.4, -0.2) is 5.16 Å². The van der Waals surface area contributed by atoms with Gasteiger partial charge in [0.2, 0.25) is 5.88 Å². The molecule has 0 bridgehead atoms. The minimum atomic E-state index is 0.301. The zero-order valence-electron chi connectivity index (χ0n) is 10.8. The standard InChI is InChI=1S/C15H14Cl2N2O/c16-10-2-1-3-11(17)12(10)13-14(19-20-15(13)18)9-5-7-4-8(7)6-9/h1-3,7-9H,4-6,18H2. The van der Waals surface area contributed by atoms with Crippen LogP contribution >= 0.6 is 23.2 Å². The first kappa shape index (κ1) is 12.5. The Hall–Kier alpha value is -1.19. The Kier molecular flexibility index (Phi) is 2.76. The topological polar surface area (TPSA) is 52.0 Å². The second kappa shape index (κ2) is 4.40. The molecule has 5 heteroatoms. The highest BCUT2D eigenvalue weighted by molar-refractivity contribution is 6.39. The van der Waals surface area contributed by atoms with Crippen LogP contribution in [-0.2, 0) is 0 Å². The molecule has 2 aromatic rings. The number of nitrogens with zero attached hydrogens (tertiary/aromatic N) is 1. The third-order valence-electron chi connectivity index (χ3n) is 4.59. The number of halogens is 2. The van der Waals surface area contributed by atoms with Crippen LogP contribution in [0.1, 0.15) is 30.9 Å². The van der Waals surface area contributed by atoms with Crippen molar-refractivity contribution in [3.8, 4) is 11.1 Å². The van der Waals surface area contributed by atoms with Crippen LogP contribution in [0.15, 0.2) is 22.7 Å². The minimum absolute atomic E-state index is 0.301. The lowest BCUT2D eigenvalue weighted by molar-refractivity contribution is 0.416. The molecule has 2 saturated carbocycles. The van der Waals surface area contributed by atoms with Gasteiger partial charge in [0.05, 0.1) is 21.3 Å². The summed E-state index contributed by atoms with van der Waals surface area (Å²) in [6.07, 6.45) is 3.71. The third kappa shape index (κ3) is 1.84. The van der Waals surface area contributed by atoms with Crippen LogP contribution in [0.3, 0.4) is 0 Å². The molecule has 4 rings (SSSR count). The maximum Gasteiger partial charge on any atom is 0.230 e. The summed E-state index contributed by atoms with van der Waals surface area (Å²) in [5.74, 6) is 2.46. The summed E-state index contributed by atoms with van der Waals surface area (Å²) in [6.45, 7) is 0. The van der Waals surface area contributed by atoms with Crippen molar-refractivity contribution in [1.82, 2.24) is 5.16 Å². The van der Waals surface area contributed by atoms with Crippen LogP contribution < -0.4 is 5.73 Å². The maximum absolute atomic E-state index is 6.30. The van der Waals surface area contributed by atoms with Gasteiger partial charge in [-0.15, -0.1) is 0 Å². The number of hydrogen-bond acceptors (Lipinski definition) is 3. The number of anilines is 1. The summed E-state index contributed by atoms with van der Waals surface area (Å²) < 4.78 is 5.23. The molecule has 1 aromatic carbocycles. The summed E-state index contributed by atoms with van der Waals surface area (Å²) in [6, 6.07) is 5.44. The highest BCUT2D eigenvalue weighted by atomic mass is 35.5. The van der Waals surface area contributed by atoms with E-state index < -0.39 is 0 Å². The third-order valence-corrected chi connectivity index (χ3v) is 5.22. The van der Waals surface area contributed by atoms with E-state index in [-0.39, 0.29) is 0 Å². The quantitative estimate of drug-likeness (QED) is 0.871. The molecule has 104 valence electrons. The van der Waals surface area contributed by atoms with Gasteiger partial charge in [-0.2, -0.15) is 0 Å². The van der Waals surface area contributed by atoms with Crippen molar-refractivity contribution in [2.24, 2.45) is 11.8 Å². The predicted octanol–water partition coefficient (Wildman–Crippen LogP) is 4.74. The number of aromatic nitrogens is 1. The molecule has 20 heavy (non-hydrogen) atoms. The normalized spacial score (nSPS) is 27.6. The first-order valence-electron chi connectivity index (χ1n) is 6.84. The summed E-state index contributed by atoms with van der Waals surface area (Å²) >= 11 is 12.6. The van der Waals surface area contributed by atoms with E-state index in [1.54, 1.807) is 0 Å². The molecular weight excluding hydrogens is 295 g/mol. The van der Waals surface area contributed by atoms with Crippen molar-refractivity contribution in [2.75, 3.05) is 5.73 Å². The number of nitrogens with two attached hydrogens (primary N) is 1. The van der Waals surface area contributed by atoms with Gasteiger partial charge >= 0.3 is 0 Å². The lowest BCUT2D eigenvalue weighted by Crippen LogP contribution is -2.00. The molecule has 2 atom stereocenters. The van der Waals surface area contributed by atoms with Gasteiger partial charge in [-0.05, 0) is 43.2 Å². The molecule has 0 spiro atoms. The van der Waals surface area contributed by atoms with Gasteiger partial charge in [-0.1, -0.05) is 34.4 Å². The Morgan fingerprint density at radius 2 is 1.70 bits per heavy atom. The van der Waals surface area contributed by atoms with Gasteiger partial charge < -0.3 is 10.3 Å². The van der Waals surface area contributed by atoms with Crippen LogP contribution in [0.2, 0.25) is 10.0 Å². The molecule has 2 unspecified atom stereocenters. The Morgan fingerprint density at radius 1 is 1.05 bits per heavy atom. The molecule has 0 amide bonds. The minimum Gasteiger partial charge on any atom is -0.367 e. The summed E-state index contributed by atoms with van der Waals surface area (Å²) in [7, 11) is 0. The SMILES string of the molecule is Nc1onc(C2CC3CC3C2)c1-c1c(Cl)cccc1Cl. The summed E-state index contributed by atoms with van der Waals surface area (Å²) in [4.78, 5) is 0. The first-order chi connectivity index (χ1) is 9.65. The lowest BCUT2D eigenvalue weighted by atomic mass is 9.93. The second-order valence-corrected chi connectivity index (χ2v) is 6.64. The monoisotopic (exact) mass is 308 g/mol. The molecule has 0 saturated heterocycles. The molecule has 1 heterocycles. The summed E-state index contributed by atoms with van der Waals surface area (Å²) in [5.41, 5.74) is 8.42. The Labute approximate surface area is 127 Å². The Morgan fingerprint density at radius 3 is 2.35 bits per heavy atom. The molecule has 1 aromatic heterocycles. The van der Waals surface area contributed by atoms with Crippen molar-refractivity contribution >= 4 is 29.1 Å². The highest BCUT2D eigenvalue weighted by Crippen LogP contribution is 2.59. The van der Waals surface area contributed by atoms with Gasteiger partial charge in [0.15, 0.2) is 0 Å². The van der Waals surface area contributed by atoms with Crippen molar-refractivity contribution < 1.29 is 4.52 Å². The number of fused-ring (bicyclic) bond motifs is 1. The van der Waals surface area contributed by atoms with E-state index in [1.807, 2.05) is 18.2 Å². The van der Waals surface area contributed by atoms with Crippen LogP contribution in [0.4, 0.5) is 5.88 Å². The maximum atomic E-state index is 6.30. The van der Waals surface area contributed by atoms with Gasteiger partial charge in [0.1, 0.15) is 0 Å². The van der Waals surface area contributed by atoms with E-state index in [0.717, 1.165) is 28.7 Å². The first-order valence-corrected chi connectivity index (χ1v) is 7.60. The van der Waals surface area contributed by atoms with E-state index in [1.165, 1.54) is 19.3 Å². The molecule has 2 N–H and O–H groups in total. The molecule has 0 aliphatic heterocycles. The van der Waals surface area contributed by atoms with Crippen LogP contribution in [0.5, 0.6) is 0 Å². The second-order valence-electron chi connectivity index (χ2n) is 5.83. The smallest absolute Gasteiger partial charge is 0.230 e. The molecule has 0 radical (unpaired) electrons. The zero-order chi connectivity index (χ0) is 13.9. The van der Waals surface area contributed by atoms with Gasteiger partial charge in [-0.25, -0.2) is 0 Å². The fourth-order valence-electron chi connectivity index (χ4n) is 3.52. The van der Waals surface area contributed by atoms with Gasteiger partial charge in [0, 0.05) is 11.5 Å². The van der Waals surface area contributed by atoms with Crippen LogP contribution in [0.25, 0.3) is 11.1 Å². The van der Waals surface area contributed by atoms with E-state index >= 15 is 0 Å². The van der Waals surface area contributed by atoms with Gasteiger partial charge in [0.25, 0.3) is 0 Å². The van der Waals surface area contributed by atoms with Crippen molar-refractivity contribution in [2.45, 2.75) is 25.2 Å². The number of hydrogen-bond donors (Lipinski definition) is 1. The summed E-state index contributed by atoms with van der Waals surface area (Å²) in [5, 5.41) is 5.35. The fraction of sp³-hybridized carbons (Fsp3) is 0.400. The zero-order valence-corrected chi connectivity index (χ0v) is 12.3. The number of benzene rings is 1. The average molecular weight is 309 g/mol. The largest absolute Gasteiger partial charge is 0.367 e. The predicted molar refractivity (Wildman–Crippen MR) is 79.9 cm³/mol. The molecule has 2 aliphatic carbocycles. The highest BCUT2D eigenvalue weighted by Gasteiger charge is 2.47. The number of rotatable bonds is 2. The number of nitrogen functional groups attached to an aromatic ring is 1. The van der Waals surface area contributed by atoms with E-state index in [0.29, 0.717) is 21.8 Å². The van der Waals surface area contributed by atoms with E-state index in [9.17, 15) is 0 Å². The van der Waals surface area contributed by atoms with Crippen molar-refractivity contribution in [1.29, 1.82) is 0 Å². The molecule has 2 aliphatic rings. The average Bonchev–Trinajstić information content (AvgIpc) is 2.84. The van der Waals surface area contributed by atoms with Gasteiger partial charge in [-0.3, -0.25) is 0 Å². The van der Waals surface area contributed by atoms with Crippen LogP contribution in [0, 0.1) is 11.8 Å². The Bertz CT molecular complexity index is 652. The Balaban J connectivity index is 1.83. The molecule has 3 nitrogen and oxygen atoms in total. The molecule has 2 fully saturated rings. The van der Waals surface area contributed by atoms with E-state index in [2.05, 4.69) is 5.16 Å². The van der Waals surface area contributed by atoms with E-state index in [4.69, 9.17) is 33.5 Å². The molecular formula is C15H14Cl2N2O. The van der Waals surface area contributed by atoms with Crippen molar-refractivity contribution in [3.05, 3.63) is 33.9 Å².